The van der Waals surface area contributed by atoms with Crippen molar-refractivity contribution in [3.05, 3.63) is 41.6 Å². The summed E-state index contributed by atoms with van der Waals surface area (Å²) in [4.78, 5) is 46.7. The van der Waals surface area contributed by atoms with Crippen molar-refractivity contribution in [2.45, 2.75) is 71.6 Å². The number of hydrogen-bond donors (Lipinski definition) is 1. The van der Waals surface area contributed by atoms with Crippen molar-refractivity contribution in [1.29, 1.82) is 0 Å². The number of likely N-dealkylation sites (tertiary alicyclic amines) is 1. The number of anilines is 2. The van der Waals surface area contributed by atoms with Gasteiger partial charge in [-0.2, -0.15) is 0 Å². The van der Waals surface area contributed by atoms with E-state index in [9.17, 15) is 9.59 Å². The van der Waals surface area contributed by atoms with Gasteiger partial charge in [0.1, 0.15) is 11.2 Å². The molecule has 0 saturated carbocycles. The number of piperidine rings is 1. The topological polar surface area (TPSA) is 113 Å². The Morgan fingerprint density at radius 2 is 1.67 bits per heavy atom. The van der Waals surface area contributed by atoms with Gasteiger partial charge in [-0.05, 0) is 80.6 Å². The second kappa shape index (κ2) is 14.3. The van der Waals surface area contributed by atoms with Crippen LogP contribution in [0.25, 0.3) is 21.8 Å². The number of amides is 2. The predicted octanol–water partition coefficient (Wildman–Crippen LogP) is 7.04. The van der Waals surface area contributed by atoms with Gasteiger partial charge in [0.2, 0.25) is 5.95 Å². The van der Waals surface area contributed by atoms with Crippen LogP contribution in [0.1, 0.15) is 54.4 Å². The number of likely N-dealkylation sites (N-methyl/N-ethyl adjacent to an activating group) is 1. The maximum absolute atomic E-state index is 13.6. The molecular weight excluding hydrogens is 614 g/mol. The number of halogens is 1. The molecule has 2 amide bonds. The lowest BCUT2D eigenvalue weighted by Crippen LogP contribution is -2.51. The molecule has 0 unspecified atom stereocenters. The third kappa shape index (κ3) is 9.75. The van der Waals surface area contributed by atoms with Crippen LogP contribution in [0.3, 0.4) is 0 Å². The van der Waals surface area contributed by atoms with E-state index in [0.717, 1.165) is 17.0 Å². The Morgan fingerprint density at radius 3 is 2.29 bits per heavy atom. The van der Waals surface area contributed by atoms with Gasteiger partial charge in [0.05, 0.1) is 16.3 Å². The molecule has 1 aromatic carbocycles. The van der Waals surface area contributed by atoms with Crippen molar-refractivity contribution in [3.8, 4) is 21.8 Å². The molecule has 0 spiro atoms. The van der Waals surface area contributed by atoms with E-state index in [2.05, 4.69) is 15.2 Å². The minimum absolute atomic E-state index is 0.218. The summed E-state index contributed by atoms with van der Waals surface area (Å²) in [6.07, 6.45) is 1.99. The van der Waals surface area contributed by atoms with E-state index >= 15 is 0 Å². The van der Waals surface area contributed by atoms with E-state index in [0.29, 0.717) is 60.0 Å². The molecule has 1 aliphatic heterocycles. The molecule has 0 atom stereocenters. The molecular formula is C32H44ClN7O4S. The van der Waals surface area contributed by atoms with Gasteiger partial charge < -0.3 is 24.6 Å². The Morgan fingerprint density at radius 1 is 1.02 bits per heavy atom. The average Bonchev–Trinajstić information content (AvgIpc) is 3.41. The van der Waals surface area contributed by atoms with Gasteiger partial charge in [0, 0.05) is 49.0 Å². The second-order valence-corrected chi connectivity index (χ2v) is 14.6. The van der Waals surface area contributed by atoms with Crippen LogP contribution in [0.2, 0.25) is 5.02 Å². The predicted molar refractivity (Wildman–Crippen MR) is 180 cm³/mol. The Balaban J connectivity index is 1.64. The van der Waals surface area contributed by atoms with E-state index in [4.69, 9.17) is 31.0 Å². The maximum Gasteiger partial charge on any atom is 0.416 e. The molecule has 11 nitrogen and oxygen atoms in total. The smallest absolute Gasteiger partial charge is 0.416 e. The number of thiazole rings is 1. The van der Waals surface area contributed by atoms with Crippen molar-refractivity contribution < 1.29 is 19.1 Å². The molecule has 45 heavy (non-hydrogen) atoms. The fourth-order valence-corrected chi connectivity index (χ4v) is 5.84. The zero-order chi connectivity index (χ0) is 32.9. The van der Waals surface area contributed by atoms with Gasteiger partial charge in [-0.3, -0.25) is 0 Å². The van der Waals surface area contributed by atoms with Gasteiger partial charge in [-0.15, -0.1) is 0 Å². The molecule has 1 N–H and O–H groups in total. The molecule has 2 aromatic heterocycles. The highest BCUT2D eigenvalue weighted by molar-refractivity contribution is 7.19. The van der Waals surface area contributed by atoms with Gasteiger partial charge in [0.25, 0.3) is 0 Å². The molecule has 4 rings (SSSR count). The van der Waals surface area contributed by atoms with Gasteiger partial charge in [0.15, 0.2) is 5.13 Å². The van der Waals surface area contributed by atoms with E-state index in [1.807, 2.05) is 86.0 Å². The molecule has 1 saturated heterocycles. The van der Waals surface area contributed by atoms with E-state index < -0.39 is 17.3 Å². The van der Waals surface area contributed by atoms with Gasteiger partial charge in [-0.25, -0.2) is 29.4 Å². The first-order valence-corrected chi connectivity index (χ1v) is 16.3. The van der Waals surface area contributed by atoms with Crippen LogP contribution < -0.4 is 10.2 Å². The molecule has 244 valence electrons. The number of aromatic nitrogens is 3. The van der Waals surface area contributed by atoms with Crippen molar-refractivity contribution >= 4 is 46.2 Å². The van der Waals surface area contributed by atoms with Crippen LogP contribution in [-0.2, 0) is 9.47 Å². The van der Waals surface area contributed by atoms with Crippen LogP contribution in [0.4, 0.5) is 20.7 Å². The largest absolute Gasteiger partial charge is 0.444 e. The Kier molecular flexibility index (Phi) is 10.9. The SMILES string of the molecule is CN(C)CCNc1nc(-c2cnc(N(C(=O)OC(C)(C)C)C3CCN(C(=O)OC(C)(C)C)CC3)s2)cc(-c2ccccc2Cl)n1. The fraction of sp³-hybridized carbons (Fsp3) is 0.531. The summed E-state index contributed by atoms with van der Waals surface area (Å²) >= 11 is 7.90. The van der Waals surface area contributed by atoms with E-state index in [-0.39, 0.29) is 12.1 Å². The summed E-state index contributed by atoms with van der Waals surface area (Å²) in [5.41, 5.74) is 0.833. The summed E-state index contributed by atoms with van der Waals surface area (Å²) in [6.45, 7) is 13.4. The fourth-order valence-electron chi connectivity index (χ4n) is 4.67. The molecule has 13 heteroatoms. The van der Waals surface area contributed by atoms with Crippen molar-refractivity contribution in [1.82, 2.24) is 24.8 Å². The molecule has 1 fully saturated rings. The number of nitrogens with one attached hydrogen (secondary N) is 1. The van der Waals surface area contributed by atoms with Crippen molar-refractivity contribution in [3.63, 3.8) is 0 Å². The first kappa shape index (κ1) is 34.4. The van der Waals surface area contributed by atoms with E-state index in [1.165, 1.54) is 11.3 Å². The van der Waals surface area contributed by atoms with Crippen molar-refractivity contribution in [2.75, 3.05) is 50.5 Å². The summed E-state index contributed by atoms with van der Waals surface area (Å²) < 4.78 is 11.4. The highest BCUT2D eigenvalue weighted by Gasteiger charge is 2.36. The second-order valence-electron chi connectivity index (χ2n) is 13.2. The molecule has 1 aliphatic rings. The highest BCUT2D eigenvalue weighted by atomic mass is 35.5. The minimum Gasteiger partial charge on any atom is -0.444 e. The zero-order valence-electron chi connectivity index (χ0n) is 27.4. The molecule has 0 radical (unpaired) electrons. The Hall–Kier alpha value is -3.48. The number of carbonyl (C=O) groups is 2. The summed E-state index contributed by atoms with van der Waals surface area (Å²) in [6, 6.07) is 9.21. The van der Waals surface area contributed by atoms with E-state index in [1.54, 1.807) is 16.0 Å². The lowest BCUT2D eigenvalue weighted by Gasteiger charge is -2.38. The van der Waals surface area contributed by atoms with Crippen molar-refractivity contribution in [2.24, 2.45) is 0 Å². The lowest BCUT2D eigenvalue weighted by molar-refractivity contribution is 0.0200. The quantitative estimate of drug-likeness (QED) is 0.273. The highest BCUT2D eigenvalue weighted by Crippen LogP contribution is 2.36. The molecule has 3 heterocycles. The zero-order valence-corrected chi connectivity index (χ0v) is 29.0. The molecule has 3 aromatic rings. The first-order chi connectivity index (χ1) is 21.1. The Bertz CT molecular complexity index is 1480. The van der Waals surface area contributed by atoms with Crippen LogP contribution in [0.5, 0.6) is 0 Å². The summed E-state index contributed by atoms with van der Waals surface area (Å²) in [5.74, 6) is 0.470. The summed E-state index contributed by atoms with van der Waals surface area (Å²) in [5, 5.41) is 4.40. The third-order valence-electron chi connectivity index (χ3n) is 6.74. The van der Waals surface area contributed by atoms with Gasteiger partial charge >= 0.3 is 12.2 Å². The normalized spacial score (nSPS) is 14.4. The standard InChI is InChI=1S/C32H44ClN7O4S/c1-31(2,3)43-29(41)39-16-13-21(14-17-39)40(30(42)44-32(4,5)6)28-35-20-26(45-28)25-19-24(22-11-9-10-12-23(22)33)36-27(37-25)34-15-18-38(7)8/h9-12,19-21H,13-18H2,1-8H3,(H,34,36,37). The first-order valence-electron chi connectivity index (χ1n) is 15.1. The number of rotatable bonds is 8. The monoisotopic (exact) mass is 657 g/mol. The number of carbonyl (C=O) groups excluding carboxylic acids is 2. The molecule has 0 bridgehead atoms. The number of nitrogens with zero attached hydrogens (tertiary/aromatic N) is 6. The maximum atomic E-state index is 13.6. The van der Waals surface area contributed by atoms with Crippen LogP contribution >= 0.6 is 22.9 Å². The number of ether oxygens (including phenoxy) is 2. The van der Waals surface area contributed by atoms with Crippen LogP contribution in [-0.4, -0.2) is 94.5 Å². The van der Waals surface area contributed by atoms with Crippen LogP contribution in [0, 0.1) is 0 Å². The lowest BCUT2D eigenvalue weighted by atomic mass is 10.0. The van der Waals surface area contributed by atoms with Crippen LogP contribution in [0.15, 0.2) is 36.5 Å². The third-order valence-corrected chi connectivity index (χ3v) is 8.09. The minimum atomic E-state index is -0.698. The Labute approximate surface area is 274 Å². The average molecular weight is 658 g/mol. The number of benzene rings is 1. The van der Waals surface area contributed by atoms with Gasteiger partial charge in [-0.1, -0.05) is 41.1 Å². The number of hydrogen-bond acceptors (Lipinski definition) is 10. The summed E-state index contributed by atoms with van der Waals surface area (Å²) in [7, 11) is 4.01. The molecule has 0 aliphatic carbocycles.